The smallest absolute Gasteiger partial charge is 0.316 e. The fraction of sp³-hybridized carbons (Fsp3) is 0.562. The van der Waals surface area contributed by atoms with Gasteiger partial charge < -0.3 is 15.2 Å². The molecule has 2 fully saturated rings. The summed E-state index contributed by atoms with van der Waals surface area (Å²) in [7, 11) is 0. The van der Waals surface area contributed by atoms with E-state index in [1.165, 1.54) is 0 Å². The van der Waals surface area contributed by atoms with Crippen LogP contribution < -0.4 is 5.73 Å². The molecular weight excluding hydrogens is 254 g/mol. The van der Waals surface area contributed by atoms with Crippen molar-refractivity contribution in [3.8, 4) is 0 Å². The number of hydrogen-bond acceptors (Lipinski definition) is 4. The Hall–Kier alpha value is -1.55. The fourth-order valence-corrected chi connectivity index (χ4v) is 2.78. The molecule has 3 rings (SSSR count). The summed E-state index contributed by atoms with van der Waals surface area (Å²) in [6.07, 6.45) is 5.06. The summed E-state index contributed by atoms with van der Waals surface area (Å²) in [5.74, 6) is -0.114. The van der Waals surface area contributed by atoms with Crippen LogP contribution in [0.25, 0.3) is 0 Å². The van der Waals surface area contributed by atoms with Crippen molar-refractivity contribution < 1.29 is 14.3 Å². The molecule has 0 spiro atoms. The lowest BCUT2D eigenvalue weighted by atomic mass is 9.96. The molecule has 1 aliphatic carbocycles. The highest BCUT2D eigenvalue weighted by Crippen LogP contribution is 2.49. The van der Waals surface area contributed by atoms with Crippen molar-refractivity contribution in [3.63, 3.8) is 0 Å². The maximum Gasteiger partial charge on any atom is 0.316 e. The summed E-state index contributed by atoms with van der Waals surface area (Å²) in [5.41, 5.74) is 6.99. The molecule has 1 saturated carbocycles. The van der Waals surface area contributed by atoms with Gasteiger partial charge in [0.05, 0.1) is 11.5 Å². The summed E-state index contributed by atoms with van der Waals surface area (Å²) in [6.45, 7) is 1.17. The van der Waals surface area contributed by atoms with E-state index >= 15 is 0 Å². The van der Waals surface area contributed by atoms with Crippen molar-refractivity contribution in [1.82, 2.24) is 0 Å². The molecule has 1 aromatic rings. The molecule has 1 atom stereocenters. The number of nitrogens with two attached hydrogens (primary N) is 1. The summed E-state index contributed by atoms with van der Waals surface area (Å²) in [5, 5.41) is 0. The second-order valence-electron chi connectivity index (χ2n) is 5.79. The molecule has 0 radical (unpaired) electrons. The largest absolute Gasteiger partial charge is 0.462 e. The van der Waals surface area contributed by atoms with Crippen LogP contribution in [0.5, 0.6) is 0 Å². The molecule has 0 amide bonds. The number of hydrogen-bond donors (Lipinski definition) is 1. The van der Waals surface area contributed by atoms with Crippen LogP contribution in [0.3, 0.4) is 0 Å². The molecule has 4 heteroatoms. The zero-order valence-corrected chi connectivity index (χ0v) is 11.6. The lowest BCUT2D eigenvalue weighted by Gasteiger charge is -2.23. The minimum absolute atomic E-state index is 0.0786. The molecular formula is C16H21NO3. The second-order valence-corrected chi connectivity index (χ2v) is 5.79. The molecule has 108 valence electrons. The first kappa shape index (κ1) is 13.4. The van der Waals surface area contributed by atoms with E-state index in [9.17, 15) is 4.79 Å². The van der Waals surface area contributed by atoms with Gasteiger partial charge in [-0.1, -0.05) is 12.1 Å². The maximum absolute atomic E-state index is 12.3. The van der Waals surface area contributed by atoms with Gasteiger partial charge in [-0.15, -0.1) is 0 Å². The third-order valence-electron chi connectivity index (χ3n) is 4.28. The number of benzene rings is 1. The van der Waals surface area contributed by atoms with E-state index < -0.39 is 5.41 Å². The van der Waals surface area contributed by atoms with Gasteiger partial charge in [-0.3, -0.25) is 4.79 Å². The van der Waals surface area contributed by atoms with Gasteiger partial charge in [-0.05, 0) is 49.8 Å². The van der Waals surface area contributed by atoms with Crippen LogP contribution in [0.15, 0.2) is 24.3 Å². The quantitative estimate of drug-likeness (QED) is 0.677. The first-order chi connectivity index (χ1) is 9.71. The Balaban J connectivity index is 1.60. The molecule has 1 unspecified atom stereocenters. The number of carbonyl (C=O) groups is 1. The van der Waals surface area contributed by atoms with Crippen LogP contribution in [-0.2, 0) is 19.7 Å². The van der Waals surface area contributed by atoms with Gasteiger partial charge in [-0.25, -0.2) is 0 Å². The Morgan fingerprint density at radius 2 is 2.05 bits per heavy atom. The molecule has 0 bridgehead atoms. The second kappa shape index (κ2) is 5.44. The SMILES string of the molecule is Nc1ccc(C2(C(=O)OCC3CCCCO3)CC2)cc1. The maximum atomic E-state index is 12.3. The van der Waals surface area contributed by atoms with Gasteiger partial charge in [0, 0.05) is 12.3 Å². The highest BCUT2D eigenvalue weighted by molar-refractivity contribution is 5.86. The number of nitrogen functional groups attached to an aromatic ring is 1. The fourth-order valence-electron chi connectivity index (χ4n) is 2.78. The molecule has 2 N–H and O–H groups in total. The Kier molecular flexibility index (Phi) is 3.66. The topological polar surface area (TPSA) is 61.6 Å². The van der Waals surface area contributed by atoms with Gasteiger partial charge in [0.2, 0.25) is 0 Å². The zero-order valence-electron chi connectivity index (χ0n) is 11.6. The van der Waals surface area contributed by atoms with E-state index in [4.69, 9.17) is 15.2 Å². The van der Waals surface area contributed by atoms with E-state index in [-0.39, 0.29) is 12.1 Å². The molecule has 1 heterocycles. The number of carbonyl (C=O) groups excluding carboxylic acids is 1. The minimum atomic E-state index is -0.428. The predicted molar refractivity (Wildman–Crippen MR) is 76.3 cm³/mol. The third kappa shape index (κ3) is 2.66. The van der Waals surface area contributed by atoms with E-state index in [0.717, 1.165) is 44.3 Å². The van der Waals surface area contributed by atoms with E-state index in [1.807, 2.05) is 24.3 Å². The van der Waals surface area contributed by atoms with Crippen molar-refractivity contribution in [1.29, 1.82) is 0 Å². The first-order valence-electron chi connectivity index (χ1n) is 7.35. The number of anilines is 1. The van der Waals surface area contributed by atoms with Crippen LogP contribution in [0.2, 0.25) is 0 Å². The average Bonchev–Trinajstić information content (AvgIpc) is 3.28. The summed E-state index contributed by atoms with van der Waals surface area (Å²) >= 11 is 0. The molecule has 20 heavy (non-hydrogen) atoms. The highest BCUT2D eigenvalue weighted by Gasteiger charge is 2.52. The highest BCUT2D eigenvalue weighted by atomic mass is 16.6. The third-order valence-corrected chi connectivity index (χ3v) is 4.28. The van der Waals surface area contributed by atoms with Gasteiger partial charge in [0.25, 0.3) is 0 Å². The van der Waals surface area contributed by atoms with Crippen LogP contribution in [-0.4, -0.2) is 25.3 Å². The Morgan fingerprint density at radius 1 is 1.30 bits per heavy atom. The van der Waals surface area contributed by atoms with Gasteiger partial charge >= 0.3 is 5.97 Å². The molecule has 2 aliphatic rings. The van der Waals surface area contributed by atoms with Gasteiger partial charge in [0.1, 0.15) is 6.61 Å². The number of esters is 1. The van der Waals surface area contributed by atoms with Crippen LogP contribution in [0.1, 0.15) is 37.7 Å². The molecule has 1 aromatic carbocycles. The van der Waals surface area contributed by atoms with E-state index in [1.54, 1.807) is 0 Å². The average molecular weight is 275 g/mol. The predicted octanol–water partition coefficient (Wildman–Crippen LogP) is 2.41. The molecule has 4 nitrogen and oxygen atoms in total. The monoisotopic (exact) mass is 275 g/mol. The zero-order chi connectivity index (χ0) is 14.0. The minimum Gasteiger partial charge on any atom is -0.462 e. The van der Waals surface area contributed by atoms with Crippen molar-refractivity contribution in [3.05, 3.63) is 29.8 Å². The molecule has 0 aromatic heterocycles. The Morgan fingerprint density at radius 3 is 2.65 bits per heavy atom. The van der Waals surface area contributed by atoms with Crippen LogP contribution >= 0.6 is 0 Å². The van der Waals surface area contributed by atoms with Crippen LogP contribution in [0.4, 0.5) is 5.69 Å². The number of ether oxygens (including phenoxy) is 2. The van der Waals surface area contributed by atoms with Gasteiger partial charge in [0.15, 0.2) is 0 Å². The van der Waals surface area contributed by atoms with E-state index in [2.05, 4.69) is 0 Å². The van der Waals surface area contributed by atoms with Crippen molar-refractivity contribution in [2.75, 3.05) is 18.9 Å². The van der Waals surface area contributed by atoms with Crippen LogP contribution in [0, 0.1) is 0 Å². The Bertz CT molecular complexity index is 473. The van der Waals surface area contributed by atoms with Gasteiger partial charge in [-0.2, -0.15) is 0 Å². The summed E-state index contributed by atoms with van der Waals surface area (Å²) < 4.78 is 11.1. The Labute approximate surface area is 119 Å². The van der Waals surface area contributed by atoms with E-state index in [0.29, 0.717) is 12.3 Å². The molecule has 1 aliphatic heterocycles. The van der Waals surface area contributed by atoms with Crippen molar-refractivity contribution in [2.24, 2.45) is 0 Å². The molecule has 1 saturated heterocycles. The lowest BCUT2D eigenvalue weighted by Crippen LogP contribution is -2.30. The summed E-state index contributed by atoms with van der Waals surface area (Å²) in [4.78, 5) is 12.3. The first-order valence-corrected chi connectivity index (χ1v) is 7.35. The standard InChI is InChI=1S/C16H21NO3/c17-13-6-4-12(5-7-13)16(8-9-16)15(18)20-11-14-3-1-2-10-19-14/h4-7,14H,1-3,8-11,17H2. The number of rotatable bonds is 4. The van der Waals surface area contributed by atoms with Crippen molar-refractivity contribution in [2.45, 2.75) is 43.6 Å². The summed E-state index contributed by atoms with van der Waals surface area (Å²) in [6, 6.07) is 7.54. The van der Waals surface area contributed by atoms with Crippen molar-refractivity contribution >= 4 is 11.7 Å². The lowest BCUT2D eigenvalue weighted by molar-refractivity contribution is -0.152. The normalized spacial score (nSPS) is 24.1.